The molecule has 0 aromatic heterocycles. The van der Waals surface area contributed by atoms with Gasteiger partial charge in [-0.3, -0.25) is 19.8 Å². The summed E-state index contributed by atoms with van der Waals surface area (Å²) < 4.78 is 0. The molecule has 1 atom stereocenters. The molecule has 1 saturated heterocycles. The topological polar surface area (TPSA) is 83.7 Å². The minimum absolute atomic E-state index is 0.0559. The Morgan fingerprint density at radius 3 is 2.94 bits per heavy atom. The number of rotatable bonds is 4. The van der Waals surface area contributed by atoms with Crippen LogP contribution in [0.4, 0.5) is 5.69 Å². The molecule has 1 N–H and O–H groups in total. The van der Waals surface area contributed by atoms with E-state index in [1.54, 1.807) is 34.9 Å². The number of carbonyl (C=O) groups is 1. The van der Waals surface area contributed by atoms with Gasteiger partial charge in [0.05, 0.1) is 17.5 Å². The van der Waals surface area contributed by atoms with Crippen molar-refractivity contribution in [2.75, 3.05) is 18.2 Å². The number of nitro benzene ring substituents is 1. The van der Waals surface area contributed by atoms with Crippen LogP contribution in [0, 0.1) is 10.1 Å². The van der Waals surface area contributed by atoms with Gasteiger partial charge in [0.2, 0.25) is 0 Å². The summed E-state index contributed by atoms with van der Waals surface area (Å²) in [6.45, 7) is -0.0935. The molecular weight excluding hydrogens is 256 g/mol. The summed E-state index contributed by atoms with van der Waals surface area (Å²) in [4.78, 5) is 23.1. The van der Waals surface area contributed by atoms with E-state index in [2.05, 4.69) is 0 Å². The number of para-hydroxylation sites is 1. The Morgan fingerprint density at radius 1 is 1.56 bits per heavy atom. The van der Waals surface area contributed by atoms with Gasteiger partial charge in [0.15, 0.2) is 0 Å². The first-order valence-electron chi connectivity index (χ1n) is 5.36. The van der Waals surface area contributed by atoms with Crippen molar-refractivity contribution in [1.82, 2.24) is 4.90 Å². The van der Waals surface area contributed by atoms with E-state index in [0.29, 0.717) is 17.2 Å². The fourth-order valence-corrected chi connectivity index (χ4v) is 3.25. The molecule has 0 bridgehead atoms. The quantitative estimate of drug-likeness (QED) is 0.661. The highest BCUT2D eigenvalue weighted by Crippen LogP contribution is 2.36. The van der Waals surface area contributed by atoms with Gasteiger partial charge in [-0.1, -0.05) is 18.2 Å². The number of carboxylic acids is 1. The van der Waals surface area contributed by atoms with Crippen LogP contribution in [0.15, 0.2) is 24.3 Å². The monoisotopic (exact) mass is 268 g/mol. The molecule has 0 amide bonds. The van der Waals surface area contributed by atoms with Crippen molar-refractivity contribution in [3.63, 3.8) is 0 Å². The molecule has 0 saturated carbocycles. The van der Waals surface area contributed by atoms with E-state index in [4.69, 9.17) is 5.11 Å². The summed E-state index contributed by atoms with van der Waals surface area (Å²) in [5.74, 6) is 0.349. The van der Waals surface area contributed by atoms with Gasteiger partial charge in [-0.2, -0.15) is 0 Å². The second-order valence-corrected chi connectivity index (χ2v) is 4.97. The Hall–Kier alpha value is -1.60. The molecule has 0 aliphatic carbocycles. The number of thioether (sulfide) groups is 1. The number of benzene rings is 1. The maximum atomic E-state index is 11.0. The van der Waals surface area contributed by atoms with Crippen LogP contribution in [-0.2, 0) is 4.79 Å². The van der Waals surface area contributed by atoms with Crippen LogP contribution in [-0.4, -0.2) is 39.1 Å². The lowest BCUT2D eigenvalue weighted by Gasteiger charge is -2.21. The highest BCUT2D eigenvalue weighted by atomic mass is 32.2. The molecule has 1 fully saturated rings. The number of nitro groups is 1. The Labute approximate surface area is 108 Å². The first-order chi connectivity index (χ1) is 8.59. The highest BCUT2D eigenvalue weighted by Gasteiger charge is 2.32. The van der Waals surface area contributed by atoms with Crippen LogP contribution in [0.1, 0.15) is 11.6 Å². The predicted molar refractivity (Wildman–Crippen MR) is 67.5 cm³/mol. The SMILES string of the molecule is O=C(O)CN1CSCC1c1ccccc1[N+](=O)[O-]. The Balaban J connectivity index is 2.30. The van der Waals surface area contributed by atoms with Crippen molar-refractivity contribution in [2.24, 2.45) is 0 Å². The van der Waals surface area contributed by atoms with Gasteiger partial charge in [-0.25, -0.2) is 0 Å². The summed E-state index contributed by atoms with van der Waals surface area (Å²) in [6, 6.07) is 6.31. The third-order valence-corrected chi connectivity index (χ3v) is 3.87. The molecule has 1 aliphatic rings. The molecule has 2 rings (SSSR count). The van der Waals surface area contributed by atoms with Crippen molar-refractivity contribution in [3.05, 3.63) is 39.9 Å². The summed E-state index contributed by atoms with van der Waals surface area (Å²) >= 11 is 1.59. The Kier molecular flexibility index (Phi) is 3.83. The van der Waals surface area contributed by atoms with Crippen molar-refractivity contribution in [3.8, 4) is 0 Å². The van der Waals surface area contributed by atoms with Gasteiger partial charge in [0.1, 0.15) is 0 Å². The van der Waals surface area contributed by atoms with E-state index in [-0.39, 0.29) is 18.3 Å². The molecule has 18 heavy (non-hydrogen) atoms. The van der Waals surface area contributed by atoms with Crippen molar-refractivity contribution >= 4 is 23.4 Å². The summed E-state index contributed by atoms with van der Waals surface area (Å²) in [6.07, 6.45) is 0. The van der Waals surface area contributed by atoms with Crippen LogP contribution in [0.2, 0.25) is 0 Å². The van der Waals surface area contributed by atoms with E-state index in [0.717, 1.165) is 0 Å². The second-order valence-electron chi connectivity index (χ2n) is 3.97. The van der Waals surface area contributed by atoms with Crippen molar-refractivity contribution in [2.45, 2.75) is 6.04 Å². The maximum absolute atomic E-state index is 11.0. The van der Waals surface area contributed by atoms with Crippen LogP contribution >= 0.6 is 11.8 Å². The first-order valence-corrected chi connectivity index (χ1v) is 6.52. The van der Waals surface area contributed by atoms with Gasteiger partial charge in [-0.15, -0.1) is 11.8 Å². The normalized spacial score (nSPS) is 19.9. The number of aliphatic carboxylic acids is 1. The Morgan fingerprint density at radius 2 is 2.28 bits per heavy atom. The predicted octanol–water partition coefficient (Wildman–Crippen LogP) is 1.73. The van der Waals surface area contributed by atoms with Crippen LogP contribution in [0.25, 0.3) is 0 Å². The van der Waals surface area contributed by atoms with Gasteiger partial charge in [0.25, 0.3) is 5.69 Å². The number of carboxylic acid groups (broad SMARTS) is 1. The minimum Gasteiger partial charge on any atom is -0.480 e. The largest absolute Gasteiger partial charge is 0.480 e. The molecule has 1 aromatic carbocycles. The smallest absolute Gasteiger partial charge is 0.317 e. The zero-order valence-electron chi connectivity index (χ0n) is 9.48. The molecule has 0 spiro atoms. The molecule has 6 nitrogen and oxygen atoms in total. The molecule has 1 aliphatic heterocycles. The lowest BCUT2D eigenvalue weighted by Crippen LogP contribution is -2.30. The van der Waals surface area contributed by atoms with Gasteiger partial charge >= 0.3 is 5.97 Å². The van der Waals surface area contributed by atoms with Gasteiger partial charge < -0.3 is 5.11 Å². The van der Waals surface area contributed by atoms with E-state index in [9.17, 15) is 14.9 Å². The van der Waals surface area contributed by atoms with Crippen molar-refractivity contribution < 1.29 is 14.8 Å². The van der Waals surface area contributed by atoms with Gasteiger partial charge in [-0.05, 0) is 0 Å². The lowest BCUT2D eigenvalue weighted by molar-refractivity contribution is -0.385. The zero-order chi connectivity index (χ0) is 13.1. The van der Waals surface area contributed by atoms with Crippen LogP contribution in [0.3, 0.4) is 0 Å². The molecule has 0 radical (unpaired) electrons. The van der Waals surface area contributed by atoms with E-state index in [1.807, 2.05) is 0 Å². The second kappa shape index (κ2) is 5.36. The average Bonchev–Trinajstić information content (AvgIpc) is 2.76. The lowest BCUT2D eigenvalue weighted by atomic mass is 10.1. The summed E-state index contributed by atoms with van der Waals surface area (Å²) in [5.41, 5.74) is 0.647. The average molecular weight is 268 g/mol. The van der Waals surface area contributed by atoms with Crippen molar-refractivity contribution in [1.29, 1.82) is 0 Å². The first kappa shape index (κ1) is 12.8. The summed E-state index contributed by atoms with van der Waals surface area (Å²) in [7, 11) is 0. The number of hydrogen-bond acceptors (Lipinski definition) is 5. The van der Waals surface area contributed by atoms with E-state index in [1.165, 1.54) is 6.07 Å². The van der Waals surface area contributed by atoms with Crippen LogP contribution in [0.5, 0.6) is 0 Å². The Bertz CT molecular complexity index is 480. The maximum Gasteiger partial charge on any atom is 0.317 e. The fourth-order valence-electron chi connectivity index (χ4n) is 2.03. The zero-order valence-corrected chi connectivity index (χ0v) is 10.3. The standard InChI is InChI=1S/C11H12N2O4S/c14-11(15)5-12-7-18-6-10(12)8-3-1-2-4-9(8)13(16)17/h1-4,10H,5-7H2,(H,14,15). The number of hydrogen-bond donors (Lipinski definition) is 1. The fraction of sp³-hybridized carbons (Fsp3) is 0.364. The molecule has 1 heterocycles. The van der Waals surface area contributed by atoms with Gasteiger partial charge in [0, 0.05) is 23.3 Å². The van der Waals surface area contributed by atoms with E-state index >= 15 is 0 Å². The van der Waals surface area contributed by atoms with E-state index < -0.39 is 10.9 Å². The van der Waals surface area contributed by atoms with Crippen LogP contribution < -0.4 is 0 Å². The third-order valence-electron chi connectivity index (χ3n) is 2.80. The number of nitrogens with zero attached hydrogens (tertiary/aromatic N) is 2. The third kappa shape index (κ3) is 2.62. The molecule has 7 heteroatoms. The molecule has 1 unspecified atom stereocenters. The molecule has 96 valence electrons. The summed E-state index contributed by atoms with van der Waals surface area (Å²) in [5, 5.41) is 19.8. The minimum atomic E-state index is -0.916. The molecule has 1 aromatic rings. The highest BCUT2D eigenvalue weighted by molar-refractivity contribution is 7.99. The molecular formula is C11H12N2O4S.